The first-order valence-electron chi connectivity index (χ1n) is 5.20. The van der Waals surface area contributed by atoms with E-state index in [1.165, 1.54) is 12.1 Å². The van der Waals surface area contributed by atoms with Gasteiger partial charge in [0.15, 0.2) is 0 Å². The fourth-order valence-corrected chi connectivity index (χ4v) is 2.51. The fraction of sp³-hybridized carbons (Fsp3) is 0.250. The van der Waals surface area contributed by atoms with Crippen molar-refractivity contribution < 1.29 is 4.39 Å². The lowest BCUT2D eigenvalue weighted by Crippen LogP contribution is -2.19. The molecule has 2 aromatic rings. The second kappa shape index (κ2) is 5.58. The molecule has 5 heteroatoms. The van der Waals surface area contributed by atoms with Gasteiger partial charge in [0.2, 0.25) is 0 Å². The van der Waals surface area contributed by atoms with Crippen LogP contribution in [0.5, 0.6) is 0 Å². The van der Waals surface area contributed by atoms with Gasteiger partial charge >= 0.3 is 0 Å². The minimum atomic E-state index is -0.312. The van der Waals surface area contributed by atoms with Crippen LogP contribution in [0, 0.1) is 5.82 Å². The van der Waals surface area contributed by atoms with Gasteiger partial charge in [0.1, 0.15) is 5.82 Å². The zero-order chi connectivity index (χ0) is 12.3. The average molecular weight is 271 g/mol. The number of likely N-dealkylation sites (N-methyl/N-ethyl adjacent to an activating group) is 1. The third kappa shape index (κ3) is 3.03. The summed E-state index contributed by atoms with van der Waals surface area (Å²) in [6.45, 7) is 0. The zero-order valence-electron chi connectivity index (χ0n) is 9.28. The molecular formula is C12H12ClFN2S. The number of benzene rings is 1. The number of aromatic nitrogens is 1. The summed E-state index contributed by atoms with van der Waals surface area (Å²) in [4.78, 5) is 4.27. The van der Waals surface area contributed by atoms with E-state index in [2.05, 4.69) is 10.3 Å². The molecule has 0 amide bonds. The number of halogens is 2. The highest BCUT2D eigenvalue weighted by Gasteiger charge is 2.14. The third-order valence-corrected chi connectivity index (χ3v) is 3.55. The molecule has 0 fully saturated rings. The SMILES string of the molecule is CNC(Cc1ccc(F)cc1Cl)c1cscn1. The predicted molar refractivity (Wildman–Crippen MR) is 69.0 cm³/mol. The third-order valence-electron chi connectivity index (χ3n) is 2.60. The Bertz CT molecular complexity index is 487. The summed E-state index contributed by atoms with van der Waals surface area (Å²) in [6.07, 6.45) is 0.694. The Hall–Kier alpha value is -0.970. The molecule has 0 aliphatic heterocycles. The maximum absolute atomic E-state index is 12.9. The quantitative estimate of drug-likeness (QED) is 0.921. The van der Waals surface area contributed by atoms with E-state index in [0.29, 0.717) is 11.4 Å². The molecule has 0 aliphatic carbocycles. The molecule has 1 heterocycles. The van der Waals surface area contributed by atoms with Crippen LogP contribution in [0.25, 0.3) is 0 Å². The van der Waals surface area contributed by atoms with Crippen molar-refractivity contribution in [2.45, 2.75) is 12.5 Å². The average Bonchev–Trinajstić information content (AvgIpc) is 2.81. The Kier molecular flexibility index (Phi) is 4.10. The molecule has 17 heavy (non-hydrogen) atoms. The molecule has 90 valence electrons. The van der Waals surface area contributed by atoms with Crippen LogP contribution in [-0.4, -0.2) is 12.0 Å². The van der Waals surface area contributed by atoms with Crippen molar-refractivity contribution in [3.8, 4) is 0 Å². The molecule has 0 saturated carbocycles. The number of thiazole rings is 1. The molecule has 1 aromatic carbocycles. The molecule has 2 rings (SSSR count). The van der Waals surface area contributed by atoms with E-state index in [0.717, 1.165) is 11.3 Å². The lowest BCUT2D eigenvalue weighted by atomic mass is 10.0. The van der Waals surface area contributed by atoms with Crippen LogP contribution in [0.1, 0.15) is 17.3 Å². The number of nitrogens with zero attached hydrogens (tertiary/aromatic N) is 1. The Labute approximate surface area is 108 Å². The van der Waals surface area contributed by atoms with Crippen molar-refractivity contribution in [1.29, 1.82) is 0 Å². The summed E-state index contributed by atoms with van der Waals surface area (Å²) in [5.41, 5.74) is 3.70. The monoisotopic (exact) mass is 270 g/mol. The van der Waals surface area contributed by atoms with Gasteiger partial charge in [-0.3, -0.25) is 0 Å². The summed E-state index contributed by atoms with van der Waals surface area (Å²) in [5.74, 6) is -0.312. The van der Waals surface area contributed by atoms with E-state index in [4.69, 9.17) is 11.6 Å². The highest BCUT2D eigenvalue weighted by Crippen LogP contribution is 2.24. The van der Waals surface area contributed by atoms with Gasteiger partial charge in [-0.25, -0.2) is 9.37 Å². The minimum Gasteiger partial charge on any atom is -0.311 e. The highest BCUT2D eigenvalue weighted by atomic mass is 35.5. The van der Waals surface area contributed by atoms with Crippen molar-refractivity contribution >= 4 is 22.9 Å². The first kappa shape index (κ1) is 12.5. The number of hydrogen-bond acceptors (Lipinski definition) is 3. The predicted octanol–water partition coefficient (Wildman–Crippen LogP) is 3.44. The molecule has 0 spiro atoms. The summed E-state index contributed by atoms with van der Waals surface area (Å²) >= 11 is 7.56. The Morgan fingerprint density at radius 2 is 2.35 bits per heavy atom. The zero-order valence-corrected chi connectivity index (χ0v) is 10.9. The summed E-state index contributed by atoms with van der Waals surface area (Å²) < 4.78 is 12.9. The van der Waals surface area contributed by atoms with Crippen molar-refractivity contribution in [2.75, 3.05) is 7.05 Å². The van der Waals surface area contributed by atoms with Gasteiger partial charge in [0.25, 0.3) is 0 Å². The number of hydrogen-bond donors (Lipinski definition) is 1. The second-order valence-electron chi connectivity index (χ2n) is 3.69. The van der Waals surface area contributed by atoms with E-state index in [9.17, 15) is 4.39 Å². The Morgan fingerprint density at radius 1 is 1.53 bits per heavy atom. The topological polar surface area (TPSA) is 24.9 Å². The largest absolute Gasteiger partial charge is 0.311 e. The molecule has 0 saturated heterocycles. The van der Waals surface area contributed by atoms with Crippen LogP contribution in [0.2, 0.25) is 5.02 Å². The molecule has 0 bridgehead atoms. The lowest BCUT2D eigenvalue weighted by Gasteiger charge is -2.14. The minimum absolute atomic E-state index is 0.101. The molecule has 1 atom stereocenters. The molecule has 1 N–H and O–H groups in total. The Balaban J connectivity index is 2.19. The van der Waals surface area contributed by atoms with Gasteiger partial charge in [-0.1, -0.05) is 17.7 Å². The summed E-state index contributed by atoms with van der Waals surface area (Å²) in [5, 5.41) is 5.64. The van der Waals surface area contributed by atoms with Crippen LogP contribution in [0.4, 0.5) is 4.39 Å². The van der Waals surface area contributed by atoms with Gasteiger partial charge < -0.3 is 5.32 Å². The maximum Gasteiger partial charge on any atom is 0.124 e. The number of rotatable bonds is 4. The maximum atomic E-state index is 12.9. The van der Waals surface area contributed by atoms with Crippen LogP contribution < -0.4 is 5.32 Å². The van der Waals surface area contributed by atoms with Gasteiger partial charge in [-0.05, 0) is 31.2 Å². The smallest absolute Gasteiger partial charge is 0.124 e. The second-order valence-corrected chi connectivity index (χ2v) is 4.82. The normalized spacial score (nSPS) is 12.6. The van der Waals surface area contributed by atoms with E-state index in [-0.39, 0.29) is 11.9 Å². The van der Waals surface area contributed by atoms with Gasteiger partial charge in [0.05, 0.1) is 17.2 Å². The number of nitrogens with one attached hydrogen (secondary N) is 1. The standard InChI is InChI=1S/C12H12ClFN2S/c1-15-11(12-6-17-7-16-12)4-8-2-3-9(14)5-10(8)13/h2-3,5-7,11,15H,4H2,1H3. The van der Waals surface area contributed by atoms with Crippen LogP contribution in [0.3, 0.4) is 0 Å². The van der Waals surface area contributed by atoms with E-state index in [1.54, 1.807) is 22.9 Å². The van der Waals surface area contributed by atoms with Crippen molar-refractivity contribution in [3.05, 3.63) is 51.2 Å². The molecular weight excluding hydrogens is 259 g/mol. The van der Waals surface area contributed by atoms with Gasteiger partial charge in [-0.2, -0.15) is 0 Å². The van der Waals surface area contributed by atoms with Crippen molar-refractivity contribution in [3.63, 3.8) is 0 Å². The van der Waals surface area contributed by atoms with Crippen molar-refractivity contribution in [1.82, 2.24) is 10.3 Å². The molecule has 0 aliphatic rings. The molecule has 0 radical (unpaired) electrons. The summed E-state index contributed by atoms with van der Waals surface area (Å²) in [7, 11) is 1.88. The fourth-order valence-electron chi connectivity index (χ4n) is 1.66. The van der Waals surface area contributed by atoms with E-state index >= 15 is 0 Å². The van der Waals surface area contributed by atoms with E-state index < -0.39 is 0 Å². The Morgan fingerprint density at radius 3 is 2.94 bits per heavy atom. The van der Waals surface area contributed by atoms with Crippen molar-refractivity contribution in [2.24, 2.45) is 0 Å². The van der Waals surface area contributed by atoms with Crippen LogP contribution >= 0.6 is 22.9 Å². The summed E-state index contributed by atoms with van der Waals surface area (Å²) in [6, 6.07) is 4.58. The van der Waals surface area contributed by atoms with E-state index in [1.807, 2.05) is 12.4 Å². The van der Waals surface area contributed by atoms with Crippen LogP contribution in [-0.2, 0) is 6.42 Å². The first-order valence-corrected chi connectivity index (χ1v) is 6.52. The van der Waals surface area contributed by atoms with Crippen LogP contribution in [0.15, 0.2) is 29.1 Å². The van der Waals surface area contributed by atoms with Gasteiger partial charge in [-0.15, -0.1) is 11.3 Å². The highest BCUT2D eigenvalue weighted by molar-refractivity contribution is 7.07. The molecule has 1 unspecified atom stereocenters. The lowest BCUT2D eigenvalue weighted by molar-refractivity contribution is 0.577. The molecule has 2 nitrogen and oxygen atoms in total. The first-order chi connectivity index (χ1) is 8.20. The molecule has 1 aromatic heterocycles. The van der Waals surface area contributed by atoms with Gasteiger partial charge in [0, 0.05) is 10.4 Å².